The molecule has 6 heteroatoms. The van der Waals surface area contributed by atoms with Gasteiger partial charge in [0.15, 0.2) is 0 Å². The second-order valence-corrected chi connectivity index (χ2v) is 1.52. The molecule has 0 fully saturated rings. The third kappa shape index (κ3) is 215. The standard InChI is InChI=1S/C2H3N.H2O4S/c1-2-3;1-5(2,3)4/h3H,1H2;(H2,1,2,3,4). The van der Waals surface area contributed by atoms with E-state index in [-0.39, 0.29) is 0 Å². The van der Waals surface area contributed by atoms with Crippen molar-refractivity contribution < 1.29 is 17.5 Å². The number of rotatable bonds is 0. The Morgan fingerprint density at radius 2 is 1.50 bits per heavy atom. The van der Waals surface area contributed by atoms with Gasteiger partial charge in [0.25, 0.3) is 0 Å². The van der Waals surface area contributed by atoms with E-state index in [9.17, 15) is 0 Å². The van der Waals surface area contributed by atoms with Crippen LogP contribution >= 0.6 is 0 Å². The van der Waals surface area contributed by atoms with Crippen LogP contribution in [0.15, 0.2) is 6.58 Å². The van der Waals surface area contributed by atoms with Crippen LogP contribution in [0.25, 0.3) is 0 Å². The summed E-state index contributed by atoms with van der Waals surface area (Å²) in [6.45, 7) is 2.90. The van der Waals surface area contributed by atoms with Crippen LogP contribution in [0.1, 0.15) is 0 Å². The van der Waals surface area contributed by atoms with Gasteiger partial charge < -0.3 is 0 Å². The summed E-state index contributed by atoms with van der Waals surface area (Å²) in [4.78, 5) is 0. The van der Waals surface area contributed by atoms with E-state index in [2.05, 4.69) is 6.58 Å². The Morgan fingerprint density at radius 1 is 1.50 bits per heavy atom. The molecule has 0 radical (unpaired) electrons. The zero-order chi connectivity index (χ0) is 7.21. The predicted molar refractivity (Wildman–Crippen MR) is 27.5 cm³/mol. The van der Waals surface area contributed by atoms with Gasteiger partial charge >= 0.3 is 10.4 Å². The second-order valence-electron chi connectivity index (χ2n) is 0.625. The molecule has 0 aliphatic rings. The minimum absolute atomic E-state index is 1.75. The van der Waals surface area contributed by atoms with E-state index in [1.165, 1.54) is 0 Å². The van der Waals surface area contributed by atoms with Gasteiger partial charge in [0, 0.05) is 0 Å². The molecule has 0 saturated heterocycles. The average molecular weight is 139 g/mol. The molecule has 0 aliphatic heterocycles. The molecular formula is C2H5NO4S. The van der Waals surface area contributed by atoms with Crippen molar-refractivity contribution in [1.82, 2.24) is 0 Å². The summed E-state index contributed by atoms with van der Waals surface area (Å²) < 4.78 is 31.6. The molecule has 0 rings (SSSR count). The lowest BCUT2D eigenvalue weighted by molar-refractivity contribution is 0.381. The van der Waals surface area contributed by atoms with Crippen LogP contribution in [0.5, 0.6) is 0 Å². The van der Waals surface area contributed by atoms with Gasteiger partial charge in [0.1, 0.15) is 0 Å². The van der Waals surface area contributed by atoms with Crippen molar-refractivity contribution in [3.8, 4) is 0 Å². The van der Waals surface area contributed by atoms with Crippen LogP contribution in [0.3, 0.4) is 0 Å². The Balaban J connectivity index is 0. The van der Waals surface area contributed by atoms with Gasteiger partial charge in [-0.2, -0.15) is 8.42 Å². The van der Waals surface area contributed by atoms with E-state index >= 15 is 0 Å². The molecule has 48 valence electrons. The van der Waals surface area contributed by atoms with Crippen LogP contribution in [-0.2, 0) is 10.4 Å². The molecule has 0 aromatic heterocycles. The van der Waals surface area contributed by atoms with Crippen molar-refractivity contribution in [2.24, 2.45) is 0 Å². The first-order valence-electron chi connectivity index (χ1n) is 1.30. The van der Waals surface area contributed by atoms with E-state index in [1.54, 1.807) is 5.87 Å². The summed E-state index contributed by atoms with van der Waals surface area (Å²) in [7, 11) is -4.67. The van der Waals surface area contributed by atoms with Crippen LogP contribution in [0.2, 0.25) is 0 Å². The highest BCUT2D eigenvalue weighted by Crippen LogP contribution is 1.59. The fourth-order valence-corrected chi connectivity index (χ4v) is 0. The lowest BCUT2D eigenvalue weighted by Gasteiger charge is -1.68. The van der Waals surface area contributed by atoms with Crippen LogP contribution in [0, 0.1) is 5.41 Å². The molecule has 0 aromatic rings. The molecule has 0 saturated carbocycles. The highest BCUT2D eigenvalue weighted by Gasteiger charge is 1.84. The summed E-state index contributed by atoms with van der Waals surface area (Å²) in [6, 6.07) is 0. The average Bonchev–Trinajstić information content (AvgIpc) is 1.27. The fourth-order valence-electron chi connectivity index (χ4n) is 0. The van der Waals surface area contributed by atoms with E-state index in [0.717, 1.165) is 0 Å². The third-order valence-electron chi connectivity index (χ3n) is 0. The molecule has 0 unspecified atom stereocenters. The number of hydrogen-bond donors (Lipinski definition) is 3. The highest BCUT2D eigenvalue weighted by molar-refractivity contribution is 7.79. The van der Waals surface area contributed by atoms with Gasteiger partial charge in [-0.25, -0.2) is 0 Å². The second kappa shape index (κ2) is 4.48. The smallest absolute Gasteiger partial charge is 0.264 e. The summed E-state index contributed by atoms with van der Waals surface area (Å²) in [6.07, 6.45) is 0. The zero-order valence-electron chi connectivity index (χ0n) is 3.83. The van der Waals surface area contributed by atoms with Crippen molar-refractivity contribution in [2.45, 2.75) is 0 Å². The molecule has 0 aromatic carbocycles. The molecule has 8 heavy (non-hydrogen) atoms. The molecule has 3 N–H and O–H groups in total. The molecule has 5 nitrogen and oxygen atoms in total. The first-order chi connectivity index (χ1) is 3.41. The van der Waals surface area contributed by atoms with Crippen LogP contribution in [0.4, 0.5) is 0 Å². The first-order valence-corrected chi connectivity index (χ1v) is 2.70. The quantitative estimate of drug-likeness (QED) is 0.319. The summed E-state index contributed by atoms with van der Waals surface area (Å²) in [5.74, 6) is 1.75. The Labute approximate surface area is 46.7 Å². The lowest BCUT2D eigenvalue weighted by Crippen LogP contribution is -1.89. The van der Waals surface area contributed by atoms with Crippen molar-refractivity contribution in [1.29, 1.82) is 5.41 Å². The van der Waals surface area contributed by atoms with Crippen LogP contribution < -0.4 is 0 Å². The summed E-state index contributed by atoms with van der Waals surface area (Å²) in [5.41, 5.74) is 0. The zero-order valence-corrected chi connectivity index (χ0v) is 4.64. The maximum atomic E-state index is 8.74. The molecular weight excluding hydrogens is 134 g/mol. The van der Waals surface area contributed by atoms with Gasteiger partial charge in [-0.3, -0.25) is 14.5 Å². The minimum atomic E-state index is -4.67. The Kier molecular flexibility index (Phi) is 5.78. The van der Waals surface area contributed by atoms with Crippen molar-refractivity contribution in [3.63, 3.8) is 0 Å². The predicted octanol–water partition coefficient (Wildman–Crippen LogP) is -0.232. The van der Waals surface area contributed by atoms with E-state index in [0.29, 0.717) is 0 Å². The Hall–Kier alpha value is -0.680. The third-order valence-corrected chi connectivity index (χ3v) is 0. The van der Waals surface area contributed by atoms with Gasteiger partial charge in [-0.15, -0.1) is 0 Å². The van der Waals surface area contributed by atoms with Gasteiger partial charge in [0.2, 0.25) is 0 Å². The van der Waals surface area contributed by atoms with Gasteiger partial charge in [0.05, 0.1) is 0 Å². The normalized spacial score (nSPS) is 8.25. The van der Waals surface area contributed by atoms with Gasteiger partial charge in [-0.05, 0) is 12.4 Å². The summed E-state index contributed by atoms with van der Waals surface area (Å²) in [5, 5.41) is 5.85. The molecule has 0 aliphatic carbocycles. The van der Waals surface area contributed by atoms with E-state index in [1.807, 2.05) is 0 Å². The Bertz CT molecular complexity index is 154. The molecule has 0 heterocycles. The molecule has 0 bridgehead atoms. The number of nitrogens with one attached hydrogen (secondary N) is 1. The largest absolute Gasteiger partial charge is 0.394 e. The molecule has 0 spiro atoms. The summed E-state index contributed by atoms with van der Waals surface area (Å²) >= 11 is 0. The van der Waals surface area contributed by atoms with E-state index < -0.39 is 10.4 Å². The first kappa shape index (κ1) is 10.3. The van der Waals surface area contributed by atoms with Crippen molar-refractivity contribution in [2.75, 3.05) is 0 Å². The monoisotopic (exact) mass is 139 g/mol. The number of hydrogen-bond acceptors (Lipinski definition) is 3. The van der Waals surface area contributed by atoms with Gasteiger partial charge in [-0.1, -0.05) is 0 Å². The van der Waals surface area contributed by atoms with Crippen LogP contribution in [-0.4, -0.2) is 23.4 Å². The fraction of sp³-hybridized carbons (Fsp3) is 0. The minimum Gasteiger partial charge on any atom is -0.264 e. The lowest BCUT2D eigenvalue weighted by atomic mass is 11.2. The van der Waals surface area contributed by atoms with Crippen molar-refractivity contribution in [3.05, 3.63) is 6.58 Å². The maximum absolute atomic E-state index is 8.74. The maximum Gasteiger partial charge on any atom is 0.394 e. The van der Waals surface area contributed by atoms with Crippen molar-refractivity contribution >= 4 is 16.3 Å². The highest BCUT2D eigenvalue weighted by atomic mass is 32.3. The SMILES string of the molecule is C=C=N.O=S(=O)(O)O. The molecule has 0 amide bonds. The topological polar surface area (TPSA) is 98.5 Å². The van der Waals surface area contributed by atoms with E-state index in [4.69, 9.17) is 22.9 Å². The molecule has 0 atom stereocenters. The Morgan fingerprint density at radius 3 is 1.50 bits per heavy atom.